The molecule has 0 bridgehead atoms. The van der Waals surface area contributed by atoms with E-state index in [1.165, 1.54) is 17.3 Å². The number of aryl methyl sites for hydroxylation is 2. The highest BCUT2D eigenvalue weighted by Crippen LogP contribution is 2.34. The van der Waals surface area contributed by atoms with E-state index < -0.39 is 0 Å². The third kappa shape index (κ3) is 7.90. The number of allylic oxidation sites excluding steroid dienone is 4. The fourth-order valence-electron chi connectivity index (χ4n) is 2.30. The van der Waals surface area contributed by atoms with Crippen LogP contribution < -0.4 is 0 Å². The third-order valence-electron chi connectivity index (χ3n) is 3.67. The van der Waals surface area contributed by atoms with Crippen molar-refractivity contribution in [3.8, 4) is 0 Å². The molecule has 27 heavy (non-hydrogen) atoms. The van der Waals surface area contributed by atoms with E-state index in [9.17, 15) is 0 Å². The predicted octanol–water partition coefficient (Wildman–Crippen LogP) is 7.66. The summed E-state index contributed by atoms with van der Waals surface area (Å²) >= 11 is 3.05. The molecule has 0 saturated heterocycles. The molecule has 0 aromatic heterocycles. The molecule has 0 spiro atoms. The number of aliphatic imine (C=N–C) groups is 1. The summed E-state index contributed by atoms with van der Waals surface area (Å²) in [5.74, 6) is 0. The van der Waals surface area contributed by atoms with Crippen LogP contribution >= 0.6 is 23.5 Å². The standard InChI is InChI=1S/C24H25NS2/c1-18-9-6-7-10-20(3)17-23(14-13-18)24-12-8-11-19(2)15-16-26-22(5)27-21(4)25-24/h6-10,12-17H,2,4-5,11H2,1,3H3/b7-6?,9-6?,10-7?,12-8-,14-13?,16-15-,18-9?,18-13?,20-10?,20-17?,23-14?,23-17?,25-24?. The van der Waals surface area contributed by atoms with E-state index in [0.29, 0.717) is 0 Å². The summed E-state index contributed by atoms with van der Waals surface area (Å²) in [5, 5.41) is 2.73. The van der Waals surface area contributed by atoms with Gasteiger partial charge in [-0.25, -0.2) is 4.99 Å². The highest BCUT2D eigenvalue weighted by Gasteiger charge is 2.04. The van der Waals surface area contributed by atoms with Crippen molar-refractivity contribution in [3.63, 3.8) is 0 Å². The van der Waals surface area contributed by atoms with Gasteiger partial charge in [-0.15, -0.1) is 0 Å². The Balaban J connectivity index is 2.57. The molecule has 1 aromatic carbocycles. The molecule has 0 N–H and O–H groups in total. The second-order valence-electron chi connectivity index (χ2n) is 6.19. The van der Waals surface area contributed by atoms with Crippen molar-refractivity contribution in [2.24, 2.45) is 4.99 Å². The summed E-state index contributed by atoms with van der Waals surface area (Å²) in [6.07, 6.45) is 6.94. The molecule has 1 nitrogen and oxygen atoms in total. The van der Waals surface area contributed by atoms with Gasteiger partial charge in [-0.05, 0) is 37.8 Å². The van der Waals surface area contributed by atoms with Crippen molar-refractivity contribution in [1.82, 2.24) is 0 Å². The van der Waals surface area contributed by atoms with Crippen LogP contribution in [0.3, 0.4) is 0 Å². The molecule has 0 amide bonds. The van der Waals surface area contributed by atoms with E-state index in [0.717, 1.165) is 38.1 Å². The van der Waals surface area contributed by atoms with Gasteiger partial charge in [0.05, 0.1) is 10.7 Å². The molecular formula is C24H25NS2. The Morgan fingerprint density at radius 1 is 0.926 bits per heavy atom. The van der Waals surface area contributed by atoms with Crippen molar-refractivity contribution in [2.45, 2.75) is 20.3 Å². The number of hydrogen-bond donors (Lipinski definition) is 0. The van der Waals surface area contributed by atoms with E-state index in [4.69, 9.17) is 4.99 Å². The van der Waals surface area contributed by atoms with Crippen molar-refractivity contribution in [1.29, 1.82) is 0 Å². The number of nitrogens with zero attached hydrogens (tertiary/aromatic N) is 1. The Morgan fingerprint density at radius 2 is 1.67 bits per heavy atom. The number of rotatable bonds is 1. The minimum atomic E-state index is 0.722. The molecule has 0 saturated carbocycles. The van der Waals surface area contributed by atoms with Crippen LogP contribution in [0.4, 0.5) is 0 Å². The maximum Gasteiger partial charge on any atom is 0.0948 e. The van der Waals surface area contributed by atoms with Crippen LogP contribution in [0.25, 0.3) is 0 Å². The first-order valence-electron chi connectivity index (χ1n) is 8.68. The van der Waals surface area contributed by atoms with Crippen LogP contribution in [0.15, 0.2) is 106 Å². The minimum Gasteiger partial charge on any atom is -0.242 e. The molecule has 1 aliphatic heterocycles. The average molecular weight is 392 g/mol. The van der Waals surface area contributed by atoms with E-state index in [2.05, 4.69) is 82.1 Å². The molecule has 1 aliphatic rings. The van der Waals surface area contributed by atoms with Crippen molar-refractivity contribution in [2.75, 3.05) is 0 Å². The molecule has 0 aliphatic carbocycles. The fraction of sp³-hybridized carbons (Fsp3) is 0.125. The molecule has 138 valence electrons. The van der Waals surface area contributed by atoms with Crippen LogP contribution in [-0.4, -0.2) is 5.71 Å². The zero-order chi connectivity index (χ0) is 19.6. The first-order valence-corrected chi connectivity index (χ1v) is 10.4. The van der Waals surface area contributed by atoms with Crippen LogP contribution in [0.1, 0.15) is 23.1 Å². The lowest BCUT2D eigenvalue weighted by Crippen LogP contribution is -1.97. The van der Waals surface area contributed by atoms with Crippen LogP contribution in [-0.2, 0) is 0 Å². The van der Waals surface area contributed by atoms with Gasteiger partial charge in [0.1, 0.15) is 0 Å². The van der Waals surface area contributed by atoms with Gasteiger partial charge in [-0.1, -0.05) is 109 Å². The zero-order valence-electron chi connectivity index (χ0n) is 15.9. The highest BCUT2D eigenvalue weighted by atomic mass is 32.2. The molecule has 3 heteroatoms. The van der Waals surface area contributed by atoms with Gasteiger partial charge >= 0.3 is 0 Å². The average Bonchev–Trinajstić information content (AvgIpc) is 2.60. The normalized spacial score (nSPS) is 17.9. The van der Waals surface area contributed by atoms with E-state index >= 15 is 0 Å². The Hall–Kier alpha value is -2.23. The first kappa shape index (κ1) is 21.1. The van der Waals surface area contributed by atoms with Crippen LogP contribution in [0.5, 0.6) is 0 Å². The topological polar surface area (TPSA) is 12.4 Å². The third-order valence-corrected chi connectivity index (χ3v) is 5.30. The van der Waals surface area contributed by atoms with E-state index in [1.54, 1.807) is 11.8 Å². The molecule has 0 radical (unpaired) electrons. The highest BCUT2D eigenvalue weighted by molar-refractivity contribution is 8.25. The lowest BCUT2D eigenvalue weighted by molar-refractivity contribution is 1.30. The van der Waals surface area contributed by atoms with Crippen molar-refractivity contribution in [3.05, 3.63) is 117 Å². The summed E-state index contributed by atoms with van der Waals surface area (Å²) < 4.78 is 0.937. The molecule has 2 rings (SSSR count). The van der Waals surface area contributed by atoms with E-state index in [-0.39, 0.29) is 0 Å². The van der Waals surface area contributed by atoms with Crippen molar-refractivity contribution >= 4 is 29.2 Å². The summed E-state index contributed by atoms with van der Waals surface area (Å²) in [6.45, 7) is 16.4. The Bertz CT molecular complexity index is 887. The van der Waals surface area contributed by atoms with Gasteiger partial charge in [0.2, 0.25) is 0 Å². The van der Waals surface area contributed by atoms with E-state index in [1.807, 2.05) is 17.6 Å². The summed E-state index contributed by atoms with van der Waals surface area (Å²) in [6, 6.07) is 14.6. The zero-order valence-corrected chi connectivity index (χ0v) is 17.6. The van der Waals surface area contributed by atoms with Gasteiger partial charge in [0.15, 0.2) is 0 Å². The molecule has 0 unspecified atom stereocenters. The Morgan fingerprint density at radius 3 is 2.44 bits per heavy atom. The Kier molecular flexibility index (Phi) is 8.43. The van der Waals surface area contributed by atoms with Gasteiger partial charge < -0.3 is 0 Å². The lowest BCUT2D eigenvalue weighted by atomic mass is 10.1. The van der Waals surface area contributed by atoms with Gasteiger partial charge in [-0.2, -0.15) is 0 Å². The summed E-state index contributed by atoms with van der Waals surface area (Å²) in [4.78, 5) is 4.78. The molecular weight excluding hydrogens is 366 g/mol. The quantitative estimate of drug-likeness (QED) is 0.487. The Labute approximate surface area is 171 Å². The second kappa shape index (κ2) is 10.8. The van der Waals surface area contributed by atoms with Gasteiger partial charge in [-0.3, -0.25) is 0 Å². The maximum atomic E-state index is 4.78. The number of thioether (sulfide) groups is 2. The molecule has 1 aromatic rings. The fourth-order valence-corrected chi connectivity index (χ4v) is 3.77. The minimum absolute atomic E-state index is 0.722. The second-order valence-corrected chi connectivity index (χ2v) is 8.62. The van der Waals surface area contributed by atoms with Gasteiger partial charge in [0, 0.05) is 9.80 Å². The lowest BCUT2D eigenvalue weighted by Gasteiger charge is -2.07. The van der Waals surface area contributed by atoms with Gasteiger partial charge in [0.25, 0.3) is 0 Å². The summed E-state index contributed by atoms with van der Waals surface area (Å²) in [5.41, 5.74) is 5.31. The van der Waals surface area contributed by atoms with Crippen LogP contribution in [0.2, 0.25) is 0 Å². The SMILES string of the molecule is C=C1/C=C\SC(=C)SC(=C)N=C(c2ccc(C)ccccc(C)c2)/C=C\C1. The predicted molar refractivity (Wildman–Crippen MR) is 126 cm³/mol. The summed E-state index contributed by atoms with van der Waals surface area (Å²) in [7, 11) is 0. The molecule has 1 heterocycles. The maximum absolute atomic E-state index is 4.78. The first-order chi connectivity index (χ1) is 12.9. The molecule has 0 fully saturated rings. The smallest absolute Gasteiger partial charge is 0.0948 e. The monoisotopic (exact) mass is 391 g/mol. The van der Waals surface area contributed by atoms with Crippen molar-refractivity contribution < 1.29 is 0 Å². The van der Waals surface area contributed by atoms with Crippen LogP contribution in [0, 0.1) is 13.8 Å². The molecule has 0 atom stereocenters. The largest absolute Gasteiger partial charge is 0.242 e. The number of hydrogen-bond acceptors (Lipinski definition) is 3.